The highest BCUT2D eigenvalue weighted by Crippen LogP contribution is 2.38. The van der Waals surface area contributed by atoms with Crippen LogP contribution in [0.1, 0.15) is 50.5 Å². The van der Waals surface area contributed by atoms with Gasteiger partial charge in [0.1, 0.15) is 0 Å². The molecule has 1 aromatic rings. The Kier molecular flexibility index (Phi) is 5.14. The molecular formula is C19H27NO2. The molecule has 2 saturated carbocycles. The van der Waals surface area contributed by atoms with Crippen LogP contribution >= 0.6 is 0 Å². The fourth-order valence-corrected chi connectivity index (χ4v) is 3.92. The molecule has 3 rings (SSSR count). The lowest BCUT2D eigenvalue weighted by atomic mass is 9.70. The molecule has 2 fully saturated rings. The summed E-state index contributed by atoms with van der Waals surface area (Å²) >= 11 is 0. The van der Waals surface area contributed by atoms with Crippen molar-refractivity contribution in [2.75, 3.05) is 0 Å². The Bertz CT molecular complexity index is 473. The van der Waals surface area contributed by atoms with Crippen molar-refractivity contribution in [1.82, 2.24) is 5.32 Å². The standard InChI is InChI=1S/C19H27NO2/c21-18-8-6-17(7-9-18)20-19(22)13-16-11-15(12-16)10-14-4-2-1-3-5-14/h1-5,15-18,21H,6-13H2,(H,20,22). The molecule has 1 aromatic carbocycles. The van der Waals surface area contributed by atoms with Gasteiger partial charge in [-0.15, -0.1) is 0 Å². The van der Waals surface area contributed by atoms with Gasteiger partial charge in [0.25, 0.3) is 0 Å². The summed E-state index contributed by atoms with van der Waals surface area (Å²) in [6.07, 6.45) is 7.56. The van der Waals surface area contributed by atoms with Gasteiger partial charge < -0.3 is 10.4 Å². The number of benzene rings is 1. The number of aliphatic hydroxyl groups excluding tert-OH is 1. The molecule has 2 aliphatic rings. The van der Waals surface area contributed by atoms with Crippen LogP contribution in [0.2, 0.25) is 0 Å². The van der Waals surface area contributed by atoms with Crippen LogP contribution in [0.15, 0.2) is 30.3 Å². The molecule has 120 valence electrons. The molecule has 0 radical (unpaired) electrons. The highest BCUT2D eigenvalue weighted by Gasteiger charge is 2.31. The van der Waals surface area contributed by atoms with Crippen molar-refractivity contribution >= 4 is 5.91 Å². The van der Waals surface area contributed by atoms with Crippen molar-refractivity contribution in [2.45, 2.75) is 63.5 Å². The monoisotopic (exact) mass is 301 g/mol. The van der Waals surface area contributed by atoms with Gasteiger partial charge >= 0.3 is 0 Å². The van der Waals surface area contributed by atoms with E-state index in [1.54, 1.807) is 0 Å². The minimum atomic E-state index is -0.154. The SMILES string of the molecule is O=C(CC1CC(Cc2ccccc2)C1)NC1CCC(O)CC1. The molecule has 0 atom stereocenters. The summed E-state index contributed by atoms with van der Waals surface area (Å²) < 4.78 is 0. The second kappa shape index (κ2) is 7.28. The summed E-state index contributed by atoms with van der Waals surface area (Å²) in [4.78, 5) is 12.1. The van der Waals surface area contributed by atoms with E-state index in [-0.39, 0.29) is 18.1 Å². The van der Waals surface area contributed by atoms with E-state index in [4.69, 9.17) is 0 Å². The number of aliphatic hydroxyl groups is 1. The molecule has 0 saturated heterocycles. The predicted molar refractivity (Wildman–Crippen MR) is 87.4 cm³/mol. The Labute approximate surface area is 133 Å². The van der Waals surface area contributed by atoms with E-state index in [0.717, 1.165) is 38.0 Å². The first-order valence-corrected chi connectivity index (χ1v) is 8.70. The fraction of sp³-hybridized carbons (Fsp3) is 0.632. The third-order valence-corrected chi connectivity index (χ3v) is 5.24. The van der Waals surface area contributed by atoms with E-state index in [1.165, 1.54) is 18.4 Å². The minimum Gasteiger partial charge on any atom is -0.393 e. The van der Waals surface area contributed by atoms with Gasteiger partial charge in [-0.25, -0.2) is 0 Å². The van der Waals surface area contributed by atoms with Gasteiger partial charge in [0.2, 0.25) is 5.91 Å². The topological polar surface area (TPSA) is 49.3 Å². The number of hydrogen-bond acceptors (Lipinski definition) is 2. The van der Waals surface area contributed by atoms with Gasteiger partial charge in [-0.05, 0) is 62.3 Å². The van der Waals surface area contributed by atoms with Crippen molar-refractivity contribution in [3.8, 4) is 0 Å². The number of hydrogen-bond donors (Lipinski definition) is 2. The lowest BCUT2D eigenvalue weighted by Crippen LogP contribution is -2.40. The summed E-state index contributed by atoms with van der Waals surface area (Å²) in [5, 5.41) is 12.6. The lowest BCUT2D eigenvalue weighted by molar-refractivity contribution is -0.124. The summed E-state index contributed by atoms with van der Waals surface area (Å²) in [7, 11) is 0. The van der Waals surface area contributed by atoms with Gasteiger partial charge in [0.15, 0.2) is 0 Å². The first-order valence-electron chi connectivity index (χ1n) is 8.70. The van der Waals surface area contributed by atoms with E-state index in [9.17, 15) is 9.90 Å². The van der Waals surface area contributed by atoms with Crippen molar-refractivity contribution in [3.05, 3.63) is 35.9 Å². The maximum atomic E-state index is 12.1. The molecule has 1 amide bonds. The molecule has 0 spiro atoms. The van der Waals surface area contributed by atoms with Gasteiger partial charge in [0, 0.05) is 12.5 Å². The van der Waals surface area contributed by atoms with Crippen LogP contribution < -0.4 is 5.32 Å². The van der Waals surface area contributed by atoms with Crippen LogP contribution in [0, 0.1) is 11.8 Å². The fourth-order valence-electron chi connectivity index (χ4n) is 3.92. The van der Waals surface area contributed by atoms with Gasteiger partial charge in [-0.3, -0.25) is 4.79 Å². The van der Waals surface area contributed by atoms with E-state index in [1.807, 2.05) is 0 Å². The Morgan fingerprint density at radius 1 is 1.05 bits per heavy atom. The van der Waals surface area contributed by atoms with Crippen molar-refractivity contribution in [2.24, 2.45) is 11.8 Å². The first-order chi connectivity index (χ1) is 10.7. The molecule has 0 bridgehead atoms. The Balaban J connectivity index is 1.33. The maximum Gasteiger partial charge on any atom is 0.220 e. The van der Waals surface area contributed by atoms with E-state index in [2.05, 4.69) is 35.6 Å². The second-order valence-corrected chi connectivity index (χ2v) is 7.17. The van der Waals surface area contributed by atoms with Crippen LogP contribution in [0.4, 0.5) is 0 Å². The zero-order chi connectivity index (χ0) is 15.4. The summed E-state index contributed by atoms with van der Waals surface area (Å²) in [5.74, 6) is 1.54. The second-order valence-electron chi connectivity index (χ2n) is 7.17. The molecule has 3 nitrogen and oxygen atoms in total. The maximum absolute atomic E-state index is 12.1. The quantitative estimate of drug-likeness (QED) is 0.878. The molecule has 0 heterocycles. The summed E-state index contributed by atoms with van der Waals surface area (Å²) in [5.41, 5.74) is 1.41. The molecule has 0 unspecified atom stereocenters. The van der Waals surface area contributed by atoms with Crippen LogP contribution in [-0.4, -0.2) is 23.2 Å². The smallest absolute Gasteiger partial charge is 0.220 e. The average molecular weight is 301 g/mol. The van der Waals surface area contributed by atoms with Gasteiger partial charge in [-0.2, -0.15) is 0 Å². The van der Waals surface area contributed by atoms with Crippen molar-refractivity contribution in [3.63, 3.8) is 0 Å². The van der Waals surface area contributed by atoms with Gasteiger partial charge in [0.05, 0.1) is 6.10 Å². The number of nitrogens with one attached hydrogen (secondary N) is 1. The van der Waals surface area contributed by atoms with Crippen LogP contribution in [0.25, 0.3) is 0 Å². The summed E-state index contributed by atoms with van der Waals surface area (Å²) in [6, 6.07) is 10.9. The lowest BCUT2D eigenvalue weighted by Gasteiger charge is -2.35. The summed E-state index contributed by atoms with van der Waals surface area (Å²) in [6.45, 7) is 0. The highest BCUT2D eigenvalue weighted by molar-refractivity contribution is 5.76. The van der Waals surface area contributed by atoms with E-state index < -0.39 is 0 Å². The first kappa shape index (κ1) is 15.5. The number of rotatable bonds is 5. The zero-order valence-electron chi connectivity index (χ0n) is 13.2. The average Bonchev–Trinajstić information content (AvgIpc) is 2.48. The number of carbonyl (C=O) groups excluding carboxylic acids is 1. The molecular weight excluding hydrogens is 274 g/mol. The van der Waals surface area contributed by atoms with Crippen molar-refractivity contribution in [1.29, 1.82) is 0 Å². The van der Waals surface area contributed by atoms with Crippen LogP contribution in [-0.2, 0) is 11.2 Å². The van der Waals surface area contributed by atoms with Crippen LogP contribution in [0.3, 0.4) is 0 Å². The predicted octanol–water partition coefficient (Wildman–Crippen LogP) is 3.07. The molecule has 2 N–H and O–H groups in total. The molecule has 0 aliphatic heterocycles. The van der Waals surface area contributed by atoms with Gasteiger partial charge in [-0.1, -0.05) is 30.3 Å². The zero-order valence-corrected chi connectivity index (χ0v) is 13.2. The van der Waals surface area contributed by atoms with E-state index >= 15 is 0 Å². The largest absolute Gasteiger partial charge is 0.393 e. The Hall–Kier alpha value is -1.35. The highest BCUT2D eigenvalue weighted by atomic mass is 16.3. The number of amides is 1. The molecule has 0 aromatic heterocycles. The third kappa shape index (κ3) is 4.33. The van der Waals surface area contributed by atoms with Crippen LogP contribution in [0.5, 0.6) is 0 Å². The third-order valence-electron chi connectivity index (χ3n) is 5.24. The minimum absolute atomic E-state index is 0.154. The van der Waals surface area contributed by atoms with E-state index in [0.29, 0.717) is 12.3 Å². The Morgan fingerprint density at radius 3 is 2.41 bits per heavy atom. The number of carbonyl (C=O) groups is 1. The Morgan fingerprint density at radius 2 is 1.73 bits per heavy atom. The normalized spacial score (nSPS) is 31.3. The molecule has 22 heavy (non-hydrogen) atoms. The molecule has 3 heteroatoms. The van der Waals surface area contributed by atoms with Crippen molar-refractivity contribution < 1.29 is 9.90 Å². The molecule has 2 aliphatic carbocycles.